The highest BCUT2D eigenvalue weighted by atomic mass is 16.4. The maximum Gasteiger partial charge on any atom is 0.0748 e. The Labute approximate surface area is 99.8 Å². The lowest BCUT2D eigenvalue weighted by atomic mass is 10.1. The fourth-order valence-corrected chi connectivity index (χ4v) is 1.42. The van der Waals surface area contributed by atoms with Crippen molar-refractivity contribution < 1.29 is 20.1 Å². The fraction of sp³-hybridized carbons (Fsp3) is 0.308. The number of carbonyl (C=O) groups is 1. The quantitative estimate of drug-likeness (QED) is 0.724. The summed E-state index contributed by atoms with van der Waals surface area (Å²) in [6.07, 6.45) is 0.803. The van der Waals surface area contributed by atoms with Gasteiger partial charge in [-0.1, -0.05) is 42.5 Å². The molecule has 0 heterocycles. The van der Waals surface area contributed by atoms with Crippen molar-refractivity contribution in [2.75, 3.05) is 0 Å². The number of carboxylic acids is 1. The van der Waals surface area contributed by atoms with E-state index in [2.05, 4.69) is 0 Å². The lowest BCUT2D eigenvalue weighted by molar-refractivity contribution is -0.307. The van der Waals surface area contributed by atoms with Gasteiger partial charge in [-0.25, -0.2) is 0 Å². The largest absolute Gasteiger partial charge is 0.550 e. The van der Waals surface area contributed by atoms with Crippen LogP contribution < -0.4 is 5.11 Å². The average Bonchev–Trinajstić information content (AvgIpc) is 2.26. The van der Waals surface area contributed by atoms with E-state index in [1.807, 2.05) is 30.3 Å². The van der Waals surface area contributed by atoms with Crippen molar-refractivity contribution in [1.82, 2.24) is 0 Å². The highest BCUT2D eigenvalue weighted by molar-refractivity contribution is 5.64. The summed E-state index contributed by atoms with van der Waals surface area (Å²) in [5.74, 6) is -1.32. The van der Waals surface area contributed by atoms with E-state index in [-0.39, 0.29) is 6.42 Å². The van der Waals surface area contributed by atoms with Crippen LogP contribution in [0.5, 0.6) is 0 Å². The molecular formula is C13H15O4-. The Morgan fingerprint density at radius 1 is 1.29 bits per heavy atom. The molecule has 1 aromatic carbocycles. The third kappa shape index (κ3) is 5.85. The van der Waals surface area contributed by atoms with Gasteiger partial charge in [0.15, 0.2) is 0 Å². The molecule has 4 heteroatoms. The molecule has 1 rings (SSSR count). The van der Waals surface area contributed by atoms with Crippen molar-refractivity contribution >= 4 is 12.0 Å². The van der Waals surface area contributed by atoms with E-state index in [1.54, 1.807) is 6.08 Å². The van der Waals surface area contributed by atoms with Crippen LogP contribution in [0.25, 0.3) is 6.08 Å². The summed E-state index contributed by atoms with van der Waals surface area (Å²) in [6.45, 7) is 0. The molecule has 1 aromatic rings. The van der Waals surface area contributed by atoms with E-state index >= 15 is 0 Å². The predicted molar refractivity (Wildman–Crippen MR) is 61.7 cm³/mol. The van der Waals surface area contributed by atoms with Crippen molar-refractivity contribution in [3.8, 4) is 0 Å². The van der Waals surface area contributed by atoms with Crippen LogP contribution in [0.3, 0.4) is 0 Å². The molecule has 0 spiro atoms. The molecule has 0 aliphatic rings. The van der Waals surface area contributed by atoms with Crippen molar-refractivity contribution in [2.45, 2.75) is 25.0 Å². The van der Waals surface area contributed by atoms with Crippen LogP contribution in [-0.4, -0.2) is 28.4 Å². The van der Waals surface area contributed by atoms with Gasteiger partial charge in [0.25, 0.3) is 0 Å². The average molecular weight is 235 g/mol. The Morgan fingerprint density at radius 3 is 2.53 bits per heavy atom. The molecule has 0 bridgehead atoms. The van der Waals surface area contributed by atoms with Gasteiger partial charge in [-0.2, -0.15) is 0 Å². The highest BCUT2D eigenvalue weighted by Crippen LogP contribution is 2.07. The number of rotatable bonds is 6. The van der Waals surface area contributed by atoms with Crippen molar-refractivity contribution in [3.05, 3.63) is 42.0 Å². The van der Waals surface area contributed by atoms with Crippen LogP contribution in [0.1, 0.15) is 18.4 Å². The van der Waals surface area contributed by atoms with Gasteiger partial charge in [-0.15, -0.1) is 0 Å². The number of hydrogen-bond donors (Lipinski definition) is 2. The molecule has 0 radical (unpaired) electrons. The number of carboxylic acid groups (broad SMARTS) is 1. The number of aliphatic hydroxyl groups is 2. The number of aliphatic hydroxyl groups excluding tert-OH is 2. The second kappa shape index (κ2) is 6.83. The topological polar surface area (TPSA) is 80.6 Å². The first-order valence-electron chi connectivity index (χ1n) is 5.37. The number of aliphatic carboxylic acids is 1. The minimum absolute atomic E-state index is 0.0166. The first-order chi connectivity index (χ1) is 8.08. The summed E-state index contributed by atoms with van der Waals surface area (Å²) >= 11 is 0. The van der Waals surface area contributed by atoms with E-state index < -0.39 is 24.6 Å². The minimum Gasteiger partial charge on any atom is -0.550 e. The minimum atomic E-state index is -1.32. The Balaban J connectivity index is 2.41. The SMILES string of the molecule is O=C([O-])CC(O)CC(O)/C=C/c1ccccc1. The smallest absolute Gasteiger partial charge is 0.0748 e. The summed E-state index contributed by atoms with van der Waals surface area (Å²) in [7, 11) is 0. The summed E-state index contributed by atoms with van der Waals surface area (Å²) in [6, 6.07) is 9.38. The normalized spacial score (nSPS) is 14.7. The first-order valence-corrected chi connectivity index (χ1v) is 5.37. The summed E-state index contributed by atoms with van der Waals surface area (Å²) in [5.41, 5.74) is 0.931. The van der Waals surface area contributed by atoms with Crippen LogP contribution in [0.15, 0.2) is 36.4 Å². The van der Waals surface area contributed by atoms with E-state index in [1.165, 1.54) is 6.08 Å². The molecule has 0 saturated carbocycles. The molecule has 0 aromatic heterocycles. The molecule has 0 aliphatic carbocycles. The first kappa shape index (κ1) is 13.4. The van der Waals surface area contributed by atoms with E-state index in [4.69, 9.17) is 0 Å². The van der Waals surface area contributed by atoms with E-state index in [0.29, 0.717) is 0 Å². The standard InChI is InChI=1S/C13H16O4/c14-11(8-12(15)9-13(16)17)7-6-10-4-2-1-3-5-10/h1-7,11-12,14-15H,8-9H2,(H,16,17)/p-1/b7-6+. The second-order valence-corrected chi connectivity index (χ2v) is 3.80. The maximum absolute atomic E-state index is 10.2. The van der Waals surface area contributed by atoms with Crippen LogP contribution in [-0.2, 0) is 4.79 Å². The molecule has 2 unspecified atom stereocenters. The van der Waals surface area contributed by atoms with Crippen molar-refractivity contribution in [1.29, 1.82) is 0 Å². The molecule has 17 heavy (non-hydrogen) atoms. The van der Waals surface area contributed by atoms with Gasteiger partial charge in [0.1, 0.15) is 0 Å². The maximum atomic E-state index is 10.2. The molecule has 0 fully saturated rings. The summed E-state index contributed by atoms with van der Waals surface area (Å²) in [4.78, 5) is 10.2. The van der Waals surface area contributed by atoms with Gasteiger partial charge in [-0.3, -0.25) is 0 Å². The van der Waals surface area contributed by atoms with Crippen LogP contribution >= 0.6 is 0 Å². The Hall–Kier alpha value is -1.65. The molecule has 2 N–H and O–H groups in total. The number of benzene rings is 1. The Morgan fingerprint density at radius 2 is 1.94 bits per heavy atom. The second-order valence-electron chi connectivity index (χ2n) is 3.80. The van der Waals surface area contributed by atoms with Crippen molar-refractivity contribution in [3.63, 3.8) is 0 Å². The van der Waals surface area contributed by atoms with Gasteiger partial charge in [0, 0.05) is 18.8 Å². The Bertz CT molecular complexity index is 372. The van der Waals surface area contributed by atoms with E-state index in [0.717, 1.165) is 5.56 Å². The molecule has 0 saturated heterocycles. The predicted octanol–water partition coefficient (Wildman–Crippen LogP) is -0.0483. The summed E-state index contributed by atoms with van der Waals surface area (Å²) < 4.78 is 0. The van der Waals surface area contributed by atoms with Gasteiger partial charge in [-0.05, 0) is 5.56 Å². The number of hydrogen-bond acceptors (Lipinski definition) is 4. The van der Waals surface area contributed by atoms with Gasteiger partial charge in [0.05, 0.1) is 12.2 Å². The zero-order chi connectivity index (χ0) is 12.7. The third-order valence-corrected chi connectivity index (χ3v) is 2.23. The third-order valence-electron chi connectivity index (χ3n) is 2.23. The van der Waals surface area contributed by atoms with Crippen molar-refractivity contribution in [2.24, 2.45) is 0 Å². The lowest BCUT2D eigenvalue weighted by Crippen LogP contribution is -2.29. The molecule has 2 atom stereocenters. The van der Waals surface area contributed by atoms with E-state index in [9.17, 15) is 20.1 Å². The molecule has 0 aliphatic heterocycles. The van der Waals surface area contributed by atoms with Gasteiger partial charge in [0.2, 0.25) is 0 Å². The number of carbonyl (C=O) groups excluding carboxylic acids is 1. The van der Waals surface area contributed by atoms with Crippen LogP contribution in [0.4, 0.5) is 0 Å². The fourth-order valence-electron chi connectivity index (χ4n) is 1.42. The highest BCUT2D eigenvalue weighted by Gasteiger charge is 2.09. The summed E-state index contributed by atoms with van der Waals surface area (Å²) in [5, 5.41) is 29.0. The monoisotopic (exact) mass is 235 g/mol. The zero-order valence-corrected chi connectivity index (χ0v) is 9.32. The zero-order valence-electron chi connectivity index (χ0n) is 9.32. The molecule has 4 nitrogen and oxygen atoms in total. The molecule has 0 amide bonds. The Kier molecular flexibility index (Phi) is 5.39. The van der Waals surface area contributed by atoms with Gasteiger partial charge >= 0.3 is 0 Å². The van der Waals surface area contributed by atoms with Crippen LogP contribution in [0.2, 0.25) is 0 Å². The molecule has 92 valence electrons. The lowest BCUT2D eigenvalue weighted by Gasteiger charge is -2.13. The van der Waals surface area contributed by atoms with Gasteiger partial charge < -0.3 is 20.1 Å². The molecular weight excluding hydrogens is 220 g/mol. The van der Waals surface area contributed by atoms with Crippen LogP contribution in [0, 0.1) is 0 Å².